The van der Waals surface area contributed by atoms with Crippen LogP contribution < -0.4 is 0 Å². The number of aromatic amines is 1. The van der Waals surface area contributed by atoms with Crippen LogP contribution in [0.5, 0.6) is 0 Å². The van der Waals surface area contributed by atoms with E-state index in [9.17, 15) is 4.79 Å². The fourth-order valence-electron chi connectivity index (χ4n) is 1.59. The second-order valence-electron chi connectivity index (χ2n) is 3.33. The van der Waals surface area contributed by atoms with E-state index >= 15 is 0 Å². The standard InChI is InChI=1S/C12H10INO2/c13-9-6-14-12(10(16)7-15)11(9)8-4-2-1-3-5-8/h1-6,14-15H,7H2. The predicted octanol–water partition coefficient (Wildman–Crippen LogP) is 2.46. The van der Waals surface area contributed by atoms with Crippen LogP contribution in [0.1, 0.15) is 10.5 Å². The van der Waals surface area contributed by atoms with Crippen molar-refractivity contribution in [2.24, 2.45) is 0 Å². The summed E-state index contributed by atoms with van der Waals surface area (Å²) < 4.78 is 0.973. The number of aromatic nitrogens is 1. The first-order chi connectivity index (χ1) is 7.74. The quantitative estimate of drug-likeness (QED) is 0.672. The highest BCUT2D eigenvalue weighted by molar-refractivity contribution is 14.1. The molecule has 0 saturated carbocycles. The molecule has 0 aliphatic rings. The lowest BCUT2D eigenvalue weighted by molar-refractivity contribution is 0.0900. The predicted molar refractivity (Wildman–Crippen MR) is 70.4 cm³/mol. The number of ketones is 1. The van der Waals surface area contributed by atoms with Gasteiger partial charge in [-0.15, -0.1) is 0 Å². The van der Waals surface area contributed by atoms with E-state index in [1.807, 2.05) is 30.3 Å². The van der Waals surface area contributed by atoms with Gasteiger partial charge in [-0.2, -0.15) is 0 Å². The molecule has 1 aromatic carbocycles. The summed E-state index contributed by atoms with van der Waals surface area (Å²) >= 11 is 2.17. The SMILES string of the molecule is O=C(CO)c1[nH]cc(I)c1-c1ccccc1. The highest BCUT2D eigenvalue weighted by Crippen LogP contribution is 2.28. The number of aliphatic hydroxyl groups excluding tert-OH is 1. The zero-order valence-corrected chi connectivity index (χ0v) is 10.6. The number of hydrogen-bond donors (Lipinski definition) is 2. The summed E-state index contributed by atoms with van der Waals surface area (Å²) in [5, 5.41) is 8.90. The lowest BCUT2D eigenvalue weighted by Gasteiger charge is -2.03. The van der Waals surface area contributed by atoms with Gasteiger partial charge in [0.05, 0.1) is 5.69 Å². The Morgan fingerprint density at radius 3 is 2.62 bits per heavy atom. The Balaban J connectivity index is 2.56. The number of H-pyrrole nitrogens is 1. The van der Waals surface area contributed by atoms with E-state index in [0.29, 0.717) is 5.69 Å². The third-order valence-electron chi connectivity index (χ3n) is 2.32. The third kappa shape index (κ3) is 2.03. The lowest BCUT2D eigenvalue weighted by Crippen LogP contribution is -2.06. The van der Waals surface area contributed by atoms with Gasteiger partial charge in [0, 0.05) is 15.3 Å². The molecule has 0 spiro atoms. The summed E-state index contributed by atoms with van der Waals surface area (Å²) in [5.41, 5.74) is 2.31. The van der Waals surface area contributed by atoms with Crippen LogP contribution in [0.3, 0.4) is 0 Å². The van der Waals surface area contributed by atoms with E-state index in [-0.39, 0.29) is 5.78 Å². The number of hydrogen-bond acceptors (Lipinski definition) is 2. The van der Waals surface area contributed by atoms with E-state index in [1.165, 1.54) is 0 Å². The summed E-state index contributed by atoms with van der Waals surface area (Å²) in [4.78, 5) is 14.4. The van der Waals surface area contributed by atoms with Crippen LogP contribution in [0.15, 0.2) is 36.5 Å². The minimum absolute atomic E-state index is 0.290. The molecule has 82 valence electrons. The van der Waals surface area contributed by atoms with Crippen LogP contribution in [0, 0.1) is 3.57 Å². The van der Waals surface area contributed by atoms with Crippen molar-refractivity contribution in [2.75, 3.05) is 6.61 Å². The van der Waals surface area contributed by atoms with Gasteiger partial charge in [0.2, 0.25) is 5.78 Å². The van der Waals surface area contributed by atoms with Crippen LogP contribution in [-0.4, -0.2) is 22.5 Å². The molecule has 0 amide bonds. The van der Waals surface area contributed by atoms with Crippen LogP contribution in [0.4, 0.5) is 0 Å². The zero-order chi connectivity index (χ0) is 11.5. The molecular weight excluding hydrogens is 317 g/mol. The van der Waals surface area contributed by atoms with Gasteiger partial charge in [0.25, 0.3) is 0 Å². The van der Waals surface area contributed by atoms with E-state index < -0.39 is 6.61 Å². The molecule has 0 unspecified atom stereocenters. The van der Waals surface area contributed by atoms with E-state index in [2.05, 4.69) is 27.6 Å². The van der Waals surface area contributed by atoms with E-state index in [1.54, 1.807) is 6.20 Å². The molecule has 0 aliphatic heterocycles. The van der Waals surface area contributed by atoms with Crippen molar-refractivity contribution in [1.82, 2.24) is 4.98 Å². The van der Waals surface area contributed by atoms with Gasteiger partial charge < -0.3 is 10.1 Å². The molecule has 2 aromatic rings. The maximum Gasteiger partial charge on any atom is 0.204 e. The summed E-state index contributed by atoms with van der Waals surface area (Å²) in [6.45, 7) is -0.476. The van der Waals surface area contributed by atoms with E-state index in [4.69, 9.17) is 5.11 Å². The molecular formula is C12H10INO2. The lowest BCUT2D eigenvalue weighted by atomic mass is 10.0. The van der Waals surface area contributed by atoms with E-state index in [0.717, 1.165) is 14.7 Å². The number of nitrogens with one attached hydrogen (secondary N) is 1. The number of halogens is 1. The summed E-state index contributed by atoms with van der Waals surface area (Å²) in [6.07, 6.45) is 1.77. The van der Waals surface area contributed by atoms with Crippen molar-refractivity contribution in [3.8, 4) is 11.1 Å². The number of Topliss-reactive ketones (excluding diaryl/α,β-unsaturated/α-hetero) is 1. The zero-order valence-electron chi connectivity index (χ0n) is 8.40. The minimum atomic E-state index is -0.476. The van der Waals surface area contributed by atoms with Crippen molar-refractivity contribution < 1.29 is 9.90 Å². The minimum Gasteiger partial charge on any atom is -0.388 e. The van der Waals surface area contributed by atoms with Gasteiger partial charge in [0.15, 0.2) is 0 Å². The molecule has 0 atom stereocenters. The molecule has 1 heterocycles. The van der Waals surface area contributed by atoms with Crippen LogP contribution >= 0.6 is 22.6 Å². The molecule has 0 fully saturated rings. The molecule has 2 N–H and O–H groups in total. The second-order valence-corrected chi connectivity index (χ2v) is 4.50. The van der Waals surface area contributed by atoms with Crippen LogP contribution in [0.2, 0.25) is 0 Å². The molecule has 4 heteroatoms. The van der Waals surface area contributed by atoms with Crippen molar-refractivity contribution in [3.63, 3.8) is 0 Å². The second kappa shape index (κ2) is 4.80. The van der Waals surface area contributed by atoms with Crippen molar-refractivity contribution in [3.05, 3.63) is 45.8 Å². The Morgan fingerprint density at radius 1 is 1.31 bits per heavy atom. The normalized spacial score (nSPS) is 10.4. The largest absolute Gasteiger partial charge is 0.388 e. The number of rotatable bonds is 3. The van der Waals surface area contributed by atoms with Gasteiger partial charge in [-0.05, 0) is 28.2 Å². The summed E-state index contributed by atoms with van der Waals surface area (Å²) in [7, 11) is 0. The molecule has 16 heavy (non-hydrogen) atoms. The fraction of sp³-hybridized carbons (Fsp3) is 0.0833. The first kappa shape index (κ1) is 11.3. The van der Waals surface area contributed by atoms with Gasteiger partial charge in [-0.1, -0.05) is 30.3 Å². The number of carbonyl (C=O) groups is 1. The highest BCUT2D eigenvalue weighted by Gasteiger charge is 2.16. The molecule has 0 bridgehead atoms. The topological polar surface area (TPSA) is 53.1 Å². The van der Waals surface area contributed by atoms with Crippen molar-refractivity contribution in [2.45, 2.75) is 0 Å². The molecule has 3 nitrogen and oxygen atoms in total. The molecule has 2 rings (SSSR count). The number of carbonyl (C=O) groups excluding carboxylic acids is 1. The highest BCUT2D eigenvalue weighted by atomic mass is 127. The number of aliphatic hydroxyl groups is 1. The molecule has 0 aliphatic carbocycles. The maximum atomic E-state index is 11.5. The summed E-state index contributed by atoms with van der Waals surface area (Å²) in [6, 6.07) is 9.66. The van der Waals surface area contributed by atoms with Gasteiger partial charge in [-0.3, -0.25) is 4.79 Å². The first-order valence-corrected chi connectivity index (χ1v) is 5.88. The maximum absolute atomic E-state index is 11.5. The number of benzene rings is 1. The average molecular weight is 327 g/mol. The Labute approximate surface area is 107 Å². The first-order valence-electron chi connectivity index (χ1n) is 4.80. The van der Waals surface area contributed by atoms with Gasteiger partial charge in [-0.25, -0.2) is 0 Å². The van der Waals surface area contributed by atoms with Crippen molar-refractivity contribution in [1.29, 1.82) is 0 Å². The average Bonchev–Trinajstić information content (AvgIpc) is 2.71. The monoisotopic (exact) mass is 327 g/mol. The van der Waals surface area contributed by atoms with Crippen molar-refractivity contribution >= 4 is 28.4 Å². The Bertz CT molecular complexity index is 505. The Kier molecular flexibility index (Phi) is 3.40. The fourth-order valence-corrected chi connectivity index (χ4v) is 2.32. The van der Waals surface area contributed by atoms with Gasteiger partial charge in [0.1, 0.15) is 6.61 Å². The molecule has 0 radical (unpaired) electrons. The smallest absolute Gasteiger partial charge is 0.204 e. The third-order valence-corrected chi connectivity index (χ3v) is 3.17. The van der Waals surface area contributed by atoms with Crippen LogP contribution in [-0.2, 0) is 0 Å². The van der Waals surface area contributed by atoms with Gasteiger partial charge >= 0.3 is 0 Å². The molecule has 1 aromatic heterocycles. The Morgan fingerprint density at radius 2 is 2.00 bits per heavy atom. The summed E-state index contributed by atoms with van der Waals surface area (Å²) in [5.74, 6) is -0.290. The molecule has 0 saturated heterocycles. The Hall–Kier alpha value is -1.14. The van der Waals surface area contributed by atoms with Crippen LogP contribution in [0.25, 0.3) is 11.1 Å².